The van der Waals surface area contributed by atoms with E-state index in [1.807, 2.05) is 6.92 Å². The molecular formula is C21H31NO10S. The van der Waals surface area contributed by atoms with Crippen LogP contribution in [0.5, 0.6) is 0 Å². The highest BCUT2D eigenvalue weighted by atomic mass is 32.2. The number of rotatable bonds is 11. The maximum Gasteiger partial charge on any atom is 0.325 e. The number of hydrogen-bond donors (Lipinski definition) is 1. The van der Waals surface area contributed by atoms with Crippen LogP contribution in [0.15, 0.2) is 0 Å². The van der Waals surface area contributed by atoms with Crippen LogP contribution in [0.25, 0.3) is 0 Å². The largest absolute Gasteiger partial charge is 0.468 e. The van der Waals surface area contributed by atoms with Crippen LogP contribution in [0, 0.1) is 16.2 Å². The Bertz CT molecular complexity index is 931. The van der Waals surface area contributed by atoms with Crippen LogP contribution in [0.1, 0.15) is 53.4 Å². The second-order valence-corrected chi connectivity index (χ2v) is 11.5. The van der Waals surface area contributed by atoms with Gasteiger partial charge in [0.1, 0.15) is 25.4 Å². The van der Waals surface area contributed by atoms with Gasteiger partial charge in [0.15, 0.2) is 0 Å². The average molecular weight is 490 g/mol. The summed E-state index contributed by atoms with van der Waals surface area (Å²) in [5.41, 5.74) is -2.57. The summed E-state index contributed by atoms with van der Waals surface area (Å²) >= 11 is 0. The van der Waals surface area contributed by atoms with Gasteiger partial charge in [-0.3, -0.25) is 23.4 Å². The Morgan fingerprint density at radius 1 is 1.27 bits per heavy atom. The molecule has 2 aliphatic carbocycles. The molecule has 0 radical (unpaired) electrons. The van der Waals surface area contributed by atoms with Crippen LogP contribution in [-0.4, -0.2) is 70.0 Å². The predicted molar refractivity (Wildman–Crippen MR) is 112 cm³/mol. The molecule has 33 heavy (non-hydrogen) atoms. The molecule has 3 aliphatic rings. The summed E-state index contributed by atoms with van der Waals surface area (Å²) in [6, 6.07) is 0. The molecule has 186 valence electrons. The van der Waals surface area contributed by atoms with Gasteiger partial charge in [-0.1, -0.05) is 20.8 Å². The van der Waals surface area contributed by atoms with Crippen LogP contribution in [0.3, 0.4) is 0 Å². The Hall–Kier alpha value is -2.21. The lowest BCUT2D eigenvalue weighted by molar-refractivity contribution is -0.168. The first kappa shape index (κ1) is 25.4. The fourth-order valence-corrected chi connectivity index (χ4v) is 7.49. The monoisotopic (exact) mass is 489 g/mol. The smallest absolute Gasteiger partial charge is 0.325 e. The van der Waals surface area contributed by atoms with Gasteiger partial charge in [0.2, 0.25) is 5.91 Å². The van der Waals surface area contributed by atoms with Crippen LogP contribution in [0.4, 0.5) is 0 Å². The Morgan fingerprint density at radius 3 is 2.58 bits per heavy atom. The summed E-state index contributed by atoms with van der Waals surface area (Å²) < 4.78 is 46.7. The van der Waals surface area contributed by atoms with E-state index in [0.717, 1.165) is 0 Å². The van der Waals surface area contributed by atoms with Crippen molar-refractivity contribution in [3.8, 4) is 0 Å². The van der Waals surface area contributed by atoms with E-state index in [0.29, 0.717) is 6.42 Å². The molecular weight excluding hydrogens is 458 g/mol. The van der Waals surface area contributed by atoms with E-state index in [-0.39, 0.29) is 44.9 Å². The molecule has 2 saturated carbocycles. The SMILES string of the molecule is CCC(C)(C)C(=O)NCC(=O)OC1C2OS(=O)(=O)C3CC1(COC(C)=O)CC23CCOC=O. The molecule has 1 aliphatic heterocycles. The maximum atomic E-state index is 12.8. The topological polar surface area (TPSA) is 151 Å². The number of carbonyl (C=O) groups excluding carboxylic acids is 4. The van der Waals surface area contributed by atoms with E-state index in [1.54, 1.807) is 13.8 Å². The van der Waals surface area contributed by atoms with Gasteiger partial charge >= 0.3 is 11.9 Å². The molecule has 0 aromatic carbocycles. The second-order valence-electron chi connectivity index (χ2n) is 9.80. The van der Waals surface area contributed by atoms with Crippen molar-refractivity contribution < 1.29 is 46.0 Å². The van der Waals surface area contributed by atoms with Crippen molar-refractivity contribution in [2.75, 3.05) is 19.8 Å². The fraction of sp³-hybridized carbons (Fsp3) is 0.810. The molecule has 5 atom stereocenters. The van der Waals surface area contributed by atoms with Crippen LogP contribution >= 0.6 is 0 Å². The zero-order chi connectivity index (χ0) is 24.7. The van der Waals surface area contributed by atoms with E-state index >= 15 is 0 Å². The molecule has 12 heteroatoms. The highest BCUT2D eigenvalue weighted by molar-refractivity contribution is 7.87. The van der Waals surface area contributed by atoms with E-state index in [9.17, 15) is 27.6 Å². The lowest BCUT2D eigenvalue weighted by Gasteiger charge is -2.37. The van der Waals surface area contributed by atoms with Crippen molar-refractivity contribution in [3.05, 3.63) is 0 Å². The molecule has 11 nitrogen and oxygen atoms in total. The molecule has 1 N–H and O–H groups in total. The van der Waals surface area contributed by atoms with Crippen molar-refractivity contribution in [1.82, 2.24) is 5.32 Å². The van der Waals surface area contributed by atoms with Gasteiger partial charge in [-0.2, -0.15) is 8.42 Å². The number of esters is 2. The summed E-state index contributed by atoms with van der Waals surface area (Å²) in [7, 11) is -3.97. The normalized spacial score (nSPS) is 33.4. The molecule has 1 saturated heterocycles. The van der Waals surface area contributed by atoms with Crippen molar-refractivity contribution in [1.29, 1.82) is 0 Å². The Labute approximate surface area is 193 Å². The summed E-state index contributed by atoms with van der Waals surface area (Å²) in [6.07, 6.45) is -0.908. The zero-order valence-corrected chi connectivity index (χ0v) is 20.1. The zero-order valence-electron chi connectivity index (χ0n) is 19.2. The minimum absolute atomic E-state index is 0.0259. The van der Waals surface area contributed by atoms with Crippen LogP contribution in [0.2, 0.25) is 0 Å². The number of fused-ring (bicyclic) bond motifs is 1. The van der Waals surface area contributed by atoms with Gasteiger partial charge in [-0.25, -0.2) is 0 Å². The molecule has 1 heterocycles. The highest BCUT2D eigenvalue weighted by Crippen LogP contribution is 2.70. The van der Waals surface area contributed by atoms with Gasteiger partial charge in [0.05, 0.1) is 11.9 Å². The number of ether oxygens (including phenoxy) is 3. The molecule has 0 aromatic heterocycles. The van der Waals surface area contributed by atoms with Gasteiger partial charge in [-0.15, -0.1) is 0 Å². The maximum absolute atomic E-state index is 12.8. The molecule has 3 rings (SSSR count). The fourth-order valence-electron chi connectivity index (χ4n) is 5.33. The van der Waals surface area contributed by atoms with Gasteiger partial charge in [-0.05, 0) is 25.7 Å². The van der Waals surface area contributed by atoms with Crippen molar-refractivity contribution in [3.63, 3.8) is 0 Å². The summed E-state index contributed by atoms with van der Waals surface area (Å²) in [5.74, 6) is -1.61. The predicted octanol–water partition coefficient (Wildman–Crippen LogP) is 0.454. The summed E-state index contributed by atoms with van der Waals surface area (Å²) in [6.45, 7) is 6.31. The minimum atomic E-state index is -3.97. The highest BCUT2D eigenvalue weighted by Gasteiger charge is 2.79. The van der Waals surface area contributed by atoms with Gasteiger partial charge in [0, 0.05) is 23.2 Å². The van der Waals surface area contributed by atoms with Gasteiger partial charge < -0.3 is 19.5 Å². The number of nitrogens with one attached hydrogen (secondary N) is 1. The van der Waals surface area contributed by atoms with E-state index in [2.05, 4.69) is 5.32 Å². The first-order chi connectivity index (χ1) is 15.3. The van der Waals surface area contributed by atoms with E-state index in [1.165, 1.54) is 6.92 Å². The van der Waals surface area contributed by atoms with E-state index in [4.69, 9.17) is 18.4 Å². The minimum Gasteiger partial charge on any atom is -0.468 e. The third-order valence-electron chi connectivity index (χ3n) is 7.41. The summed E-state index contributed by atoms with van der Waals surface area (Å²) in [5, 5.41) is 1.66. The van der Waals surface area contributed by atoms with Crippen molar-refractivity contribution in [2.24, 2.45) is 16.2 Å². The van der Waals surface area contributed by atoms with Crippen LogP contribution in [-0.2, 0) is 47.7 Å². The lowest BCUT2D eigenvalue weighted by atomic mass is 9.76. The Kier molecular flexibility index (Phi) is 6.82. The first-order valence-corrected chi connectivity index (χ1v) is 12.4. The van der Waals surface area contributed by atoms with Crippen LogP contribution < -0.4 is 5.32 Å². The van der Waals surface area contributed by atoms with E-state index < -0.39 is 62.3 Å². The number of amides is 1. The Balaban J connectivity index is 1.83. The molecule has 1 amide bonds. The van der Waals surface area contributed by atoms with Crippen molar-refractivity contribution in [2.45, 2.75) is 70.8 Å². The third-order valence-corrected chi connectivity index (χ3v) is 9.22. The molecule has 5 unspecified atom stereocenters. The molecule has 2 bridgehead atoms. The standard InChI is InChI=1S/C21H31NO10S/c1-5-19(3,4)18(26)22-9-15(25)31-16-17-21(6-7-29-12-23)10-20(16,11-30-13(2)24)8-14(21)33(27,28)32-17/h12,14,16-17H,5-11H2,1-4H3,(H,22,26). The molecule has 3 fully saturated rings. The molecule has 0 spiro atoms. The Morgan fingerprint density at radius 2 is 1.97 bits per heavy atom. The lowest BCUT2D eigenvalue weighted by Crippen LogP contribution is -2.50. The van der Waals surface area contributed by atoms with Crippen molar-refractivity contribution >= 4 is 34.4 Å². The number of hydrogen-bond acceptors (Lipinski definition) is 10. The second kappa shape index (κ2) is 8.86. The number of carbonyl (C=O) groups is 4. The summed E-state index contributed by atoms with van der Waals surface area (Å²) in [4.78, 5) is 47.1. The van der Waals surface area contributed by atoms with Gasteiger partial charge in [0.25, 0.3) is 16.6 Å². The molecule has 0 aromatic rings. The third kappa shape index (κ3) is 4.46. The quantitative estimate of drug-likeness (QED) is 0.142. The first-order valence-electron chi connectivity index (χ1n) is 10.9. The average Bonchev–Trinajstić information content (AvgIpc) is 3.25.